The van der Waals surface area contributed by atoms with Crippen molar-refractivity contribution in [2.75, 3.05) is 33.2 Å². The lowest BCUT2D eigenvalue weighted by molar-refractivity contribution is 0.139. The van der Waals surface area contributed by atoms with E-state index in [4.69, 9.17) is 0 Å². The fourth-order valence-electron chi connectivity index (χ4n) is 3.54. The Hall–Kier alpha value is -0.890. The van der Waals surface area contributed by atoms with Crippen molar-refractivity contribution in [3.63, 3.8) is 0 Å². The zero-order chi connectivity index (χ0) is 17.2. The Morgan fingerprint density at radius 3 is 2.60 bits per heavy atom. The van der Waals surface area contributed by atoms with Gasteiger partial charge in [-0.25, -0.2) is 0 Å². The number of guanidine groups is 1. The number of unbranched alkanes of at least 4 members (excludes halogenated alkanes) is 1. The van der Waals surface area contributed by atoms with E-state index in [0.29, 0.717) is 6.54 Å². The highest BCUT2D eigenvalue weighted by atomic mass is 127. The van der Waals surface area contributed by atoms with Crippen molar-refractivity contribution in [1.29, 1.82) is 0 Å². The van der Waals surface area contributed by atoms with Crippen molar-refractivity contribution < 1.29 is 0 Å². The molecule has 5 nitrogen and oxygen atoms in total. The van der Waals surface area contributed by atoms with Crippen LogP contribution in [0.1, 0.15) is 38.8 Å². The van der Waals surface area contributed by atoms with Gasteiger partial charge in [-0.3, -0.25) is 9.98 Å². The normalized spacial score (nSPS) is 21.5. The maximum Gasteiger partial charge on any atom is 0.191 e. The fraction of sp³-hybridized carbons (Fsp3) is 0.684. The Labute approximate surface area is 170 Å². The third kappa shape index (κ3) is 8.85. The van der Waals surface area contributed by atoms with Gasteiger partial charge < -0.3 is 15.5 Å². The largest absolute Gasteiger partial charge is 0.356 e. The summed E-state index contributed by atoms with van der Waals surface area (Å²) in [5.41, 5.74) is 1.02. The third-order valence-corrected chi connectivity index (χ3v) is 4.52. The first-order valence-electron chi connectivity index (χ1n) is 9.24. The summed E-state index contributed by atoms with van der Waals surface area (Å²) in [7, 11) is 1.81. The lowest BCUT2D eigenvalue weighted by Gasteiger charge is -2.34. The summed E-state index contributed by atoms with van der Waals surface area (Å²) in [4.78, 5) is 11.2. The number of likely N-dealkylation sites (tertiary alicyclic amines) is 1. The van der Waals surface area contributed by atoms with Crippen LogP contribution in [0.3, 0.4) is 0 Å². The molecule has 1 fully saturated rings. The summed E-state index contributed by atoms with van der Waals surface area (Å²) < 4.78 is 0. The van der Waals surface area contributed by atoms with E-state index in [1.165, 1.54) is 38.9 Å². The van der Waals surface area contributed by atoms with Gasteiger partial charge in [-0.1, -0.05) is 19.9 Å². The molecule has 0 spiro atoms. The van der Waals surface area contributed by atoms with Crippen LogP contribution in [0.15, 0.2) is 29.4 Å². The first-order valence-corrected chi connectivity index (χ1v) is 9.24. The number of halogens is 1. The van der Waals surface area contributed by atoms with Gasteiger partial charge in [0, 0.05) is 32.9 Å². The van der Waals surface area contributed by atoms with E-state index in [-0.39, 0.29) is 24.0 Å². The molecule has 0 amide bonds. The predicted molar refractivity (Wildman–Crippen MR) is 116 cm³/mol. The van der Waals surface area contributed by atoms with Crippen molar-refractivity contribution in [3.05, 3.63) is 30.1 Å². The minimum atomic E-state index is 0. The molecule has 2 heterocycles. The minimum absolute atomic E-state index is 0. The Bertz CT molecular complexity index is 484. The van der Waals surface area contributed by atoms with E-state index in [9.17, 15) is 0 Å². The van der Waals surface area contributed by atoms with E-state index >= 15 is 0 Å². The maximum atomic E-state index is 4.31. The summed E-state index contributed by atoms with van der Waals surface area (Å²) >= 11 is 0. The van der Waals surface area contributed by atoms with Crippen molar-refractivity contribution in [1.82, 2.24) is 20.5 Å². The number of aliphatic imine (C=N–C) groups is 1. The molecule has 0 aliphatic carbocycles. The number of rotatable bonds is 7. The van der Waals surface area contributed by atoms with Crippen LogP contribution in [0, 0.1) is 11.8 Å². The van der Waals surface area contributed by atoms with E-state index in [2.05, 4.69) is 39.4 Å². The van der Waals surface area contributed by atoms with Crippen molar-refractivity contribution in [2.24, 2.45) is 16.8 Å². The quantitative estimate of drug-likeness (QED) is 0.285. The Morgan fingerprint density at radius 1 is 1.20 bits per heavy atom. The lowest BCUT2D eigenvalue weighted by Crippen LogP contribution is -2.40. The number of nitrogens with zero attached hydrogens (tertiary/aromatic N) is 3. The highest BCUT2D eigenvalue weighted by Gasteiger charge is 2.20. The zero-order valence-corrected chi connectivity index (χ0v) is 18.2. The molecular weight excluding hydrogens is 425 g/mol. The first-order chi connectivity index (χ1) is 11.7. The molecule has 25 heavy (non-hydrogen) atoms. The van der Waals surface area contributed by atoms with Gasteiger partial charge in [0.1, 0.15) is 0 Å². The molecular formula is C19H34IN5. The van der Waals surface area contributed by atoms with Crippen molar-refractivity contribution in [2.45, 2.75) is 39.7 Å². The number of hydrogen-bond donors (Lipinski definition) is 2. The van der Waals surface area contributed by atoms with Crippen LogP contribution in [0.2, 0.25) is 0 Å². The summed E-state index contributed by atoms with van der Waals surface area (Å²) in [5.74, 6) is 2.55. The van der Waals surface area contributed by atoms with Crippen molar-refractivity contribution >= 4 is 29.9 Å². The average molecular weight is 459 g/mol. The lowest BCUT2D eigenvalue weighted by atomic mass is 9.92. The van der Waals surface area contributed by atoms with Gasteiger partial charge in [-0.2, -0.15) is 0 Å². The Balaban J connectivity index is 0.00000312. The van der Waals surface area contributed by atoms with Crippen LogP contribution in [-0.2, 0) is 6.54 Å². The fourth-order valence-corrected chi connectivity index (χ4v) is 3.54. The predicted octanol–water partition coefficient (Wildman–Crippen LogP) is 3.12. The second-order valence-electron chi connectivity index (χ2n) is 7.09. The van der Waals surface area contributed by atoms with Gasteiger partial charge in [0.15, 0.2) is 5.96 Å². The molecule has 0 aromatic carbocycles. The van der Waals surface area contributed by atoms with E-state index in [1.807, 2.05) is 31.4 Å². The smallest absolute Gasteiger partial charge is 0.191 e. The van der Waals surface area contributed by atoms with E-state index in [1.54, 1.807) is 0 Å². The molecule has 1 aliphatic rings. The molecule has 6 heteroatoms. The van der Waals surface area contributed by atoms with Crippen LogP contribution in [-0.4, -0.2) is 49.1 Å². The SMILES string of the molecule is CN=C(NCCCCN1CC(C)CC(C)C1)NCc1ccccn1.I. The third-order valence-electron chi connectivity index (χ3n) is 4.52. The standard InChI is InChI=1S/C19H33N5.HI/c1-16-12-17(2)15-24(14-16)11-7-6-10-22-19(20-3)23-13-18-8-4-5-9-21-18;/h4-5,8-9,16-17H,6-7,10-15H2,1-3H3,(H2,20,22,23);1H. The van der Waals surface area contributed by atoms with E-state index < -0.39 is 0 Å². The number of piperidine rings is 1. The molecule has 1 aromatic heterocycles. The molecule has 2 unspecified atom stereocenters. The van der Waals surface area contributed by atoms with E-state index in [0.717, 1.165) is 30.0 Å². The van der Waals surface area contributed by atoms with Crippen LogP contribution in [0.5, 0.6) is 0 Å². The van der Waals surface area contributed by atoms with Crippen LogP contribution in [0.25, 0.3) is 0 Å². The number of nitrogens with one attached hydrogen (secondary N) is 2. The first kappa shape index (κ1) is 22.2. The molecule has 142 valence electrons. The number of aromatic nitrogens is 1. The van der Waals surface area contributed by atoms with Gasteiger partial charge in [-0.05, 0) is 49.8 Å². The van der Waals surface area contributed by atoms with Gasteiger partial charge in [-0.15, -0.1) is 24.0 Å². The summed E-state index contributed by atoms with van der Waals surface area (Å²) in [6.07, 6.45) is 5.61. The molecule has 1 saturated heterocycles. The molecule has 1 aromatic rings. The molecule has 1 aliphatic heterocycles. The molecule has 0 saturated carbocycles. The monoisotopic (exact) mass is 459 g/mol. The minimum Gasteiger partial charge on any atom is -0.356 e. The molecule has 0 radical (unpaired) electrons. The average Bonchev–Trinajstić information content (AvgIpc) is 2.57. The Morgan fingerprint density at radius 2 is 1.96 bits per heavy atom. The number of hydrogen-bond acceptors (Lipinski definition) is 3. The topological polar surface area (TPSA) is 52.6 Å². The Kier molecular flexibility index (Phi) is 11.0. The van der Waals surface area contributed by atoms with Gasteiger partial charge in [0.25, 0.3) is 0 Å². The molecule has 0 bridgehead atoms. The molecule has 2 N–H and O–H groups in total. The maximum absolute atomic E-state index is 4.31. The zero-order valence-electron chi connectivity index (χ0n) is 15.9. The second kappa shape index (κ2) is 12.5. The summed E-state index contributed by atoms with van der Waals surface area (Å²) in [6, 6.07) is 5.95. The summed E-state index contributed by atoms with van der Waals surface area (Å²) in [5, 5.41) is 6.69. The van der Waals surface area contributed by atoms with Crippen molar-refractivity contribution in [3.8, 4) is 0 Å². The number of pyridine rings is 1. The highest BCUT2D eigenvalue weighted by molar-refractivity contribution is 14.0. The van der Waals surface area contributed by atoms with Crippen LogP contribution < -0.4 is 10.6 Å². The summed E-state index contributed by atoms with van der Waals surface area (Å²) in [6.45, 7) is 10.2. The van der Waals surface area contributed by atoms with Gasteiger partial charge in [0.2, 0.25) is 0 Å². The second-order valence-corrected chi connectivity index (χ2v) is 7.09. The van der Waals surface area contributed by atoms with Crippen LogP contribution >= 0.6 is 24.0 Å². The van der Waals surface area contributed by atoms with Gasteiger partial charge in [0.05, 0.1) is 12.2 Å². The van der Waals surface area contributed by atoms with Crippen LogP contribution in [0.4, 0.5) is 0 Å². The molecule has 2 rings (SSSR count). The highest BCUT2D eigenvalue weighted by Crippen LogP contribution is 2.20. The van der Waals surface area contributed by atoms with Gasteiger partial charge >= 0.3 is 0 Å². The molecule has 2 atom stereocenters.